The van der Waals surface area contributed by atoms with E-state index in [1.54, 1.807) is 36.4 Å². The van der Waals surface area contributed by atoms with Crippen LogP contribution in [0.4, 0.5) is 10.1 Å². The monoisotopic (exact) mass is 414 g/mol. The molecule has 1 amide bonds. The van der Waals surface area contributed by atoms with Gasteiger partial charge in [0.1, 0.15) is 16.5 Å². The SMILES string of the molecule is N#Cc1cccc(NC(=O)CSc2nnc(-c3ccc(F)cc3)c3ccccc23)c1. The van der Waals surface area contributed by atoms with Crippen molar-refractivity contribution >= 4 is 34.1 Å². The van der Waals surface area contributed by atoms with Crippen LogP contribution in [0.15, 0.2) is 77.8 Å². The van der Waals surface area contributed by atoms with Crippen molar-refractivity contribution in [2.24, 2.45) is 0 Å². The Bertz CT molecular complexity index is 1270. The van der Waals surface area contributed by atoms with E-state index in [1.165, 1.54) is 23.9 Å². The van der Waals surface area contributed by atoms with Crippen molar-refractivity contribution in [3.05, 3.63) is 84.2 Å². The second-order valence-corrected chi connectivity index (χ2v) is 7.40. The molecule has 0 unspecified atom stereocenters. The zero-order chi connectivity index (χ0) is 20.9. The summed E-state index contributed by atoms with van der Waals surface area (Å²) in [4.78, 5) is 12.3. The summed E-state index contributed by atoms with van der Waals surface area (Å²) in [6.45, 7) is 0. The highest BCUT2D eigenvalue weighted by molar-refractivity contribution is 8.00. The fraction of sp³-hybridized carbons (Fsp3) is 0.0435. The Labute approximate surface area is 176 Å². The number of carbonyl (C=O) groups is 1. The Morgan fingerprint density at radius 2 is 1.77 bits per heavy atom. The van der Waals surface area contributed by atoms with Crippen LogP contribution in [0.3, 0.4) is 0 Å². The van der Waals surface area contributed by atoms with E-state index in [9.17, 15) is 9.18 Å². The highest BCUT2D eigenvalue weighted by Gasteiger charge is 2.13. The van der Waals surface area contributed by atoms with Gasteiger partial charge in [0, 0.05) is 22.0 Å². The predicted molar refractivity (Wildman–Crippen MR) is 115 cm³/mol. The number of hydrogen-bond donors (Lipinski definition) is 1. The van der Waals surface area contributed by atoms with Crippen LogP contribution in [-0.4, -0.2) is 21.9 Å². The number of amides is 1. The van der Waals surface area contributed by atoms with Crippen LogP contribution in [0, 0.1) is 17.1 Å². The average molecular weight is 414 g/mol. The molecule has 4 rings (SSSR count). The van der Waals surface area contributed by atoms with E-state index in [4.69, 9.17) is 5.26 Å². The molecule has 0 saturated heterocycles. The third-order valence-corrected chi connectivity index (χ3v) is 5.37. The van der Waals surface area contributed by atoms with Gasteiger partial charge in [0.2, 0.25) is 5.91 Å². The van der Waals surface area contributed by atoms with Crippen LogP contribution >= 0.6 is 11.8 Å². The molecule has 1 aromatic heterocycles. The molecular weight excluding hydrogens is 399 g/mol. The van der Waals surface area contributed by atoms with E-state index in [0.29, 0.717) is 22.0 Å². The van der Waals surface area contributed by atoms with Crippen molar-refractivity contribution in [3.8, 4) is 17.3 Å². The lowest BCUT2D eigenvalue weighted by Crippen LogP contribution is -2.14. The number of rotatable bonds is 5. The van der Waals surface area contributed by atoms with Gasteiger partial charge in [0.25, 0.3) is 0 Å². The maximum Gasteiger partial charge on any atom is 0.234 e. The fourth-order valence-corrected chi connectivity index (χ4v) is 3.78. The van der Waals surface area contributed by atoms with Gasteiger partial charge in [-0.1, -0.05) is 42.1 Å². The molecule has 0 saturated carbocycles. The lowest BCUT2D eigenvalue weighted by molar-refractivity contribution is -0.113. The van der Waals surface area contributed by atoms with Crippen molar-refractivity contribution in [2.75, 3.05) is 11.1 Å². The number of nitrogens with zero attached hydrogens (tertiary/aromatic N) is 3. The lowest BCUT2D eigenvalue weighted by Gasteiger charge is -2.09. The first-order valence-corrected chi connectivity index (χ1v) is 10.1. The highest BCUT2D eigenvalue weighted by atomic mass is 32.2. The van der Waals surface area contributed by atoms with Gasteiger partial charge >= 0.3 is 0 Å². The molecule has 30 heavy (non-hydrogen) atoms. The topological polar surface area (TPSA) is 78.7 Å². The summed E-state index contributed by atoms with van der Waals surface area (Å²) < 4.78 is 13.3. The van der Waals surface area contributed by atoms with E-state index < -0.39 is 0 Å². The average Bonchev–Trinajstić information content (AvgIpc) is 2.78. The molecule has 146 valence electrons. The molecule has 0 fully saturated rings. The molecule has 3 aromatic carbocycles. The fourth-order valence-electron chi connectivity index (χ4n) is 3.00. The third kappa shape index (κ3) is 4.29. The molecule has 0 aliphatic rings. The second kappa shape index (κ2) is 8.72. The Hall–Kier alpha value is -3.76. The summed E-state index contributed by atoms with van der Waals surface area (Å²) >= 11 is 1.28. The molecule has 0 spiro atoms. The predicted octanol–water partition coefficient (Wildman–Crippen LogP) is 5.04. The molecule has 5 nitrogen and oxygen atoms in total. The van der Waals surface area contributed by atoms with Crippen molar-refractivity contribution in [1.29, 1.82) is 5.26 Å². The molecule has 0 bridgehead atoms. The summed E-state index contributed by atoms with van der Waals surface area (Å²) in [5.41, 5.74) is 2.48. The van der Waals surface area contributed by atoms with Gasteiger partial charge in [0.05, 0.1) is 17.4 Å². The highest BCUT2D eigenvalue weighted by Crippen LogP contribution is 2.31. The van der Waals surface area contributed by atoms with Gasteiger partial charge in [-0.2, -0.15) is 5.26 Å². The number of thioether (sulfide) groups is 1. The second-order valence-electron chi connectivity index (χ2n) is 6.44. The summed E-state index contributed by atoms with van der Waals surface area (Å²) in [7, 11) is 0. The molecule has 1 heterocycles. The van der Waals surface area contributed by atoms with Crippen LogP contribution in [-0.2, 0) is 4.79 Å². The van der Waals surface area contributed by atoms with Crippen molar-refractivity contribution < 1.29 is 9.18 Å². The maximum atomic E-state index is 13.3. The number of fused-ring (bicyclic) bond motifs is 1. The lowest BCUT2D eigenvalue weighted by atomic mass is 10.1. The summed E-state index contributed by atoms with van der Waals surface area (Å²) in [5, 5.41) is 22.8. The maximum absolute atomic E-state index is 13.3. The van der Waals surface area contributed by atoms with Crippen LogP contribution < -0.4 is 5.32 Å². The first kappa shape index (κ1) is 19.6. The summed E-state index contributed by atoms with van der Waals surface area (Å²) in [5.74, 6) is -0.371. The van der Waals surface area contributed by atoms with E-state index in [-0.39, 0.29) is 17.5 Å². The van der Waals surface area contributed by atoms with Gasteiger partial charge in [-0.15, -0.1) is 10.2 Å². The van der Waals surface area contributed by atoms with Gasteiger partial charge in [-0.25, -0.2) is 4.39 Å². The van der Waals surface area contributed by atoms with E-state index in [0.717, 1.165) is 16.3 Å². The van der Waals surface area contributed by atoms with Crippen molar-refractivity contribution in [1.82, 2.24) is 10.2 Å². The van der Waals surface area contributed by atoms with E-state index in [1.807, 2.05) is 30.3 Å². The number of hydrogen-bond acceptors (Lipinski definition) is 5. The van der Waals surface area contributed by atoms with Crippen molar-refractivity contribution in [2.45, 2.75) is 5.03 Å². The summed E-state index contributed by atoms with van der Waals surface area (Å²) in [6, 6.07) is 22.6. The zero-order valence-electron chi connectivity index (χ0n) is 15.7. The quantitative estimate of drug-likeness (QED) is 0.463. The third-order valence-electron chi connectivity index (χ3n) is 4.39. The van der Waals surface area contributed by atoms with E-state index >= 15 is 0 Å². The van der Waals surface area contributed by atoms with Crippen molar-refractivity contribution in [3.63, 3.8) is 0 Å². The van der Waals surface area contributed by atoms with Crippen LogP contribution in [0.5, 0.6) is 0 Å². The molecule has 0 aliphatic carbocycles. The number of carbonyl (C=O) groups excluding carboxylic acids is 1. The molecular formula is C23H15FN4OS. The number of aromatic nitrogens is 2. The zero-order valence-corrected chi connectivity index (χ0v) is 16.5. The molecule has 7 heteroatoms. The largest absolute Gasteiger partial charge is 0.325 e. The first-order chi connectivity index (χ1) is 14.6. The van der Waals surface area contributed by atoms with Gasteiger partial charge in [-0.3, -0.25) is 4.79 Å². The van der Waals surface area contributed by atoms with E-state index in [2.05, 4.69) is 15.5 Å². The molecule has 0 radical (unpaired) electrons. The smallest absolute Gasteiger partial charge is 0.234 e. The number of halogens is 1. The Morgan fingerprint density at radius 1 is 1.00 bits per heavy atom. The van der Waals surface area contributed by atoms with Crippen LogP contribution in [0.2, 0.25) is 0 Å². The number of nitriles is 1. The molecule has 0 atom stereocenters. The van der Waals surface area contributed by atoms with Crippen LogP contribution in [0.25, 0.3) is 22.0 Å². The Kier molecular flexibility index (Phi) is 5.68. The molecule has 4 aromatic rings. The first-order valence-electron chi connectivity index (χ1n) is 9.08. The van der Waals surface area contributed by atoms with Gasteiger partial charge < -0.3 is 5.32 Å². The van der Waals surface area contributed by atoms with Gasteiger partial charge in [0.15, 0.2) is 0 Å². The Morgan fingerprint density at radius 3 is 2.53 bits per heavy atom. The molecule has 0 aliphatic heterocycles. The van der Waals surface area contributed by atoms with Gasteiger partial charge in [-0.05, 0) is 42.5 Å². The minimum Gasteiger partial charge on any atom is -0.325 e. The number of benzene rings is 3. The summed E-state index contributed by atoms with van der Waals surface area (Å²) in [6.07, 6.45) is 0. The minimum absolute atomic E-state index is 0.144. The van der Waals surface area contributed by atoms with Crippen LogP contribution in [0.1, 0.15) is 5.56 Å². The number of nitrogens with one attached hydrogen (secondary N) is 1. The standard InChI is InChI=1S/C23H15FN4OS/c24-17-10-8-16(9-11-17)22-19-6-1-2-7-20(19)23(28-27-22)30-14-21(29)26-18-5-3-4-15(12-18)13-25/h1-12H,14H2,(H,26,29). The normalized spacial score (nSPS) is 10.5. The minimum atomic E-state index is -0.311. The molecule has 1 N–H and O–H groups in total. The Balaban J connectivity index is 1.55. The number of anilines is 1.